The van der Waals surface area contributed by atoms with Gasteiger partial charge < -0.3 is 11.1 Å². The van der Waals surface area contributed by atoms with Crippen molar-refractivity contribution in [3.05, 3.63) is 35.4 Å². The van der Waals surface area contributed by atoms with Gasteiger partial charge in [-0.25, -0.2) is 0 Å². The molecule has 0 saturated carbocycles. The highest BCUT2D eigenvalue weighted by molar-refractivity contribution is 6.17. The lowest BCUT2D eigenvalue weighted by atomic mass is 10.1. The third kappa shape index (κ3) is 5.19. The molecule has 0 aliphatic heterocycles. The summed E-state index contributed by atoms with van der Waals surface area (Å²) in [6.07, 6.45) is 2.10. The van der Waals surface area contributed by atoms with Gasteiger partial charge in [0.25, 0.3) is 0 Å². The summed E-state index contributed by atoms with van der Waals surface area (Å²) in [6.45, 7) is 0.404. The quantitative estimate of drug-likeness (QED) is 0.585. The molecule has 98 valence electrons. The minimum absolute atomic E-state index is 0.00963. The normalized spacial score (nSPS) is 10.1. The van der Waals surface area contributed by atoms with E-state index in [0.717, 1.165) is 18.4 Å². The maximum absolute atomic E-state index is 11.5. The first kappa shape index (κ1) is 14.5. The number of rotatable bonds is 7. The zero-order valence-electron chi connectivity index (χ0n) is 10.1. The van der Waals surface area contributed by atoms with Gasteiger partial charge in [-0.15, -0.1) is 11.6 Å². The number of unbranched alkanes of at least 4 members (excludes halogenated alkanes) is 1. The van der Waals surface area contributed by atoms with E-state index in [0.29, 0.717) is 24.4 Å². The average molecular weight is 269 g/mol. The number of nitrogens with two attached hydrogens (primary N) is 1. The van der Waals surface area contributed by atoms with Crippen LogP contribution in [0.1, 0.15) is 35.2 Å². The molecule has 1 aromatic carbocycles. The van der Waals surface area contributed by atoms with Gasteiger partial charge in [0.15, 0.2) is 0 Å². The Labute approximate surface area is 112 Å². The van der Waals surface area contributed by atoms with E-state index in [9.17, 15) is 9.59 Å². The zero-order chi connectivity index (χ0) is 13.4. The largest absolute Gasteiger partial charge is 0.366 e. The van der Waals surface area contributed by atoms with E-state index in [4.69, 9.17) is 17.3 Å². The minimum Gasteiger partial charge on any atom is -0.366 e. The lowest BCUT2D eigenvalue weighted by molar-refractivity contribution is -0.121. The fourth-order valence-electron chi connectivity index (χ4n) is 1.50. The van der Waals surface area contributed by atoms with Crippen molar-refractivity contribution in [3.63, 3.8) is 0 Å². The number of hydrogen-bond acceptors (Lipinski definition) is 2. The van der Waals surface area contributed by atoms with Gasteiger partial charge in [0.1, 0.15) is 0 Å². The summed E-state index contributed by atoms with van der Waals surface area (Å²) in [5.41, 5.74) is 6.49. The summed E-state index contributed by atoms with van der Waals surface area (Å²) < 4.78 is 0. The summed E-state index contributed by atoms with van der Waals surface area (Å²) >= 11 is 5.53. The van der Waals surface area contributed by atoms with Gasteiger partial charge in [0.2, 0.25) is 11.8 Å². The molecule has 0 radical (unpaired) electrons. The first-order chi connectivity index (χ1) is 8.63. The molecular weight excluding hydrogens is 252 g/mol. The van der Waals surface area contributed by atoms with Crippen LogP contribution in [-0.2, 0) is 11.3 Å². The lowest BCUT2D eigenvalue weighted by Gasteiger charge is -2.06. The number of carbonyl (C=O) groups is 2. The smallest absolute Gasteiger partial charge is 0.248 e. The Hall–Kier alpha value is -1.55. The van der Waals surface area contributed by atoms with E-state index in [2.05, 4.69) is 5.32 Å². The van der Waals surface area contributed by atoms with Crippen molar-refractivity contribution in [3.8, 4) is 0 Å². The fraction of sp³-hybridized carbons (Fsp3) is 0.385. The molecule has 3 N–H and O–H groups in total. The molecule has 0 spiro atoms. The van der Waals surface area contributed by atoms with E-state index in [1.54, 1.807) is 18.2 Å². The monoisotopic (exact) mass is 268 g/mol. The van der Waals surface area contributed by atoms with E-state index in [1.807, 2.05) is 6.07 Å². The highest BCUT2D eigenvalue weighted by Crippen LogP contribution is 2.05. The number of alkyl halides is 1. The standard InChI is InChI=1S/C13H17ClN2O2/c14-7-2-1-6-12(17)16-9-10-4-3-5-11(8-10)13(15)18/h3-5,8H,1-2,6-7,9H2,(H2,15,18)(H,16,17). The van der Waals surface area contributed by atoms with Gasteiger partial charge in [-0.05, 0) is 30.5 Å². The number of primary amides is 1. The van der Waals surface area contributed by atoms with Crippen LogP contribution in [-0.4, -0.2) is 17.7 Å². The molecule has 1 aromatic rings. The number of halogens is 1. The van der Waals surface area contributed by atoms with Crippen LogP contribution >= 0.6 is 11.6 Å². The molecule has 4 nitrogen and oxygen atoms in total. The van der Waals surface area contributed by atoms with Crippen molar-refractivity contribution >= 4 is 23.4 Å². The predicted molar refractivity (Wildman–Crippen MR) is 71.4 cm³/mol. The Bertz CT molecular complexity index is 421. The predicted octanol–water partition coefficient (Wildman–Crippen LogP) is 1.81. The van der Waals surface area contributed by atoms with Crippen LogP contribution in [0, 0.1) is 0 Å². The molecule has 1 rings (SSSR count). The van der Waals surface area contributed by atoms with Crippen molar-refractivity contribution in [1.82, 2.24) is 5.32 Å². The summed E-state index contributed by atoms with van der Waals surface area (Å²) in [5.74, 6) is 0.100. The van der Waals surface area contributed by atoms with E-state index in [1.165, 1.54) is 0 Å². The molecule has 0 atom stereocenters. The van der Waals surface area contributed by atoms with Crippen LogP contribution < -0.4 is 11.1 Å². The van der Waals surface area contributed by atoms with E-state index in [-0.39, 0.29) is 5.91 Å². The van der Waals surface area contributed by atoms with Gasteiger partial charge in [-0.2, -0.15) is 0 Å². The highest BCUT2D eigenvalue weighted by atomic mass is 35.5. The molecule has 2 amide bonds. The molecule has 0 saturated heterocycles. The second-order valence-electron chi connectivity index (χ2n) is 3.99. The van der Waals surface area contributed by atoms with Crippen LogP contribution in [0.4, 0.5) is 0 Å². The van der Waals surface area contributed by atoms with E-state index < -0.39 is 5.91 Å². The summed E-state index contributed by atoms with van der Waals surface area (Å²) in [6, 6.07) is 6.91. The van der Waals surface area contributed by atoms with Crippen molar-refractivity contribution in [2.45, 2.75) is 25.8 Å². The molecule has 0 unspecified atom stereocenters. The van der Waals surface area contributed by atoms with Gasteiger partial charge in [-0.1, -0.05) is 12.1 Å². The Balaban J connectivity index is 2.41. The third-order valence-electron chi connectivity index (χ3n) is 2.49. The maximum atomic E-state index is 11.5. The number of carbonyl (C=O) groups excluding carboxylic acids is 2. The number of amides is 2. The van der Waals surface area contributed by atoms with Gasteiger partial charge >= 0.3 is 0 Å². The van der Waals surface area contributed by atoms with Crippen molar-refractivity contribution in [2.75, 3.05) is 5.88 Å². The Morgan fingerprint density at radius 3 is 2.72 bits per heavy atom. The van der Waals surface area contributed by atoms with E-state index >= 15 is 0 Å². The molecule has 5 heteroatoms. The van der Waals surface area contributed by atoms with Gasteiger partial charge in [0, 0.05) is 24.4 Å². The number of nitrogens with one attached hydrogen (secondary N) is 1. The first-order valence-electron chi connectivity index (χ1n) is 5.85. The Morgan fingerprint density at radius 1 is 1.28 bits per heavy atom. The van der Waals surface area contributed by atoms with Crippen LogP contribution in [0.15, 0.2) is 24.3 Å². The first-order valence-corrected chi connectivity index (χ1v) is 6.38. The second kappa shape index (κ2) is 7.71. The lowest BCUT2D eigenvalue weighted by Crippen LogP contribution is -2.22. The van der Waals surface area contributed by atoms with Crippen LogP contribution in [0.25, 0.3) is 0 Å². The summed E-state index contributed by atoms with van der Waals surface area (Å²) in [5, 5.41) is 2.79. The minimum atomic E-state index is -0.467. The molecule has 0 heterocycles. The van der Waals surface area contributed by atoms with Crippen molar-refractivity contribution in [2.24, 2.45) is 5.73 Å². The molecule has 18 heavy (non-hydrogen) atoms. The van der Waals surface area contributed by atoms with Gasteiger partial charge in [-0.3, -0.25) is 9.59 Å². The molecule has 0 aliphatic carbocycles. The van der Waals surface area contributed by atoms with Crippen LogP contribution in [0.5, 0.6) is 0 Å². The fourth-order valence-corrected chi connectivity index (χ4v) is 1.69. The number of benzene rings is 1. The zero-order valence-corrected chi connectivity index (χ0v) is 10.9. The SMILES string of the molecule is NC(=O)c1cccc(CNC(=O)CCCCCl)c1. The number of hydrogen-bond donors (Lipinski definition) is 2. The molecule has 0 bridgehead atoms. The average Bonchev–Trinajstić information content (AvgIpc) is 2.37. The van der Waals surface area contributed by atoms with Crippen LogP contribution in [0.2, 0.25) is 0 Å². The molecular formula is C13H17ClN2O2. The van der Waals surface area contributed by atoms with Crippen molar-refractivity contribution in [1.29, 1.82) is 0 Å². The Morgan fingerprint density at radius 2 is 2.06 bits per heavy atom. The van der Waals surface area contributed by atoms with Crippen LogP contribution in [0.3, 0.4) is 0 Å². The second-order valence-corrected chi connectivity index (χ2v) is 4.37. The topological polar surface area (TPSA) is 72.2 Å². The molecule has 0 aliphatic rings. The van der Waals surface area contributed by atoms with Crippen molar-refractivity contribution < 1.29 is 9.59 Å². The highest BCUT2D eigenvalue weighted by Gasteiger charge is 2.03. The summed E-state index contributed by atoms with van der Waals surface area (Å²) in [7, 11) is 0. The third-order valence-corrected chi connectivity index (χ3v) is 2.76. The van der Waals surface area contributed by atoms with Gasteiger partial charge in [0.05, 0.1) is 0 Å². The maximum Gasteiger partial charge on any atom is 0.248 e. The Kier molecular flexibility index (Phi) is 6.22. The molecule has 0 aromatic heterocycles. The molecule has 0 fully saturated rings. The summed E-state index contributed by atoms with van der Waals surface area (Å²) in [4.78, 5) is 22.5.